The standard InChI is InChI=1S/C14H14O2/c1-14(9-16-14)12-7-8-13(15-2)11-6-4-3-5-10(11)12/h3-8H,9H2,1-2H3. The summed E-state index contributed by atoms with van der Waals surface area (Å²) in [6.07, 6.45) is 0. The maximum Gasteiger partial charge on any atom is 0.126 e. The number of rotatable bonds is 2. The van der Waals surface area contributed by atoms with E-state index in [0.29, 0.717) is 0 Å². The van der Waals surface area contributed by atoms with Crippen LogP contribution in [-0.4, -0.2) is 13.7 Å². The minimum atomic E-state index is -0.0914. The summed E-state index contributed by atoms with van der Waals surface area (Å²) in [5.41, 5.74) is 1.16. The third-order valence-corrected chi connectivity index (χ3v) is 3.25. The predicted octanol–water partition coefficient (Wildman–Crippen LogP) is 3.09. The van der Waals surface area contributed by atoms with Gasteiger partial charge >= 0.3 is 0 Å². The second kappa shape index (κ2) is 3.22. The topological polar surface area (TPSA) is 21.8 Å². The quantitative estimate of drug-likeness (QED) is 0.716. The Balaban J connectivity index is 2.32. The molecule has 2 aromatic carbocycles. The fourth-order valence-electron chi connectivity index (χ4n) is 2.17. The minimum absolute atomic E-state index is 0.0914. The van der Waals surface area contributed by atoms with Crippen LogP contribution < -0.4 is 4.74 Å². The molecule has 1 heterocycles. The maximum atomic E-state index is 5.52. The number of methoxy groups -OCH3 is 1. The van der Waals surface area contributed by atoms with E-state index in [-0.39, 0.29) is 5.60 Å². The van der Waals surface area contributed by atoms with E-state index >= 15 is 0 Å². The van der Waals surface area contributed by atoms with Gasteiger partial charge in [0.25, 0.3) is 0 Å². The van der Waals surface area contributed by atoms with Crippen molar-refractivity contribution in [2.75, 3.05) is 13.7 Å². The van der Waals surface area contributed by atoms with E-state index in [0.717, 1.165) is 17.7 Å². The first-order valence-electron chi connectivity index (χ1n) is 5.45. The molecule has 82 valence electrons. The molecule has 1 saturated heterocycles. The second-order valence-corrected chi connectivity index (χ2v) is 4.38. The first kappa shape index (κ1) is 9.67. The minimum Gasteiger partial charge on any atom is -0.496 e. The molecule has 2 heteroatoms. The van der Waals surface area contributed by atoms with Crippen LogP contribution in [0.1, 0.15) is 12.5 Å². The molecular formula is C14H14O2. The van der Waals surface area contributed by atoms with Gasteiger partial charge in [-0.05, 0) is 23.9 Å². The summed E-state index contributed by atoms with van der Waals surface area (Å²) < 4.78 is 10.9. The number of epoxide rings is 1. The van der Waals surface area contributed by atoms with Gasteiger partial charge in [0, 0.05) is 5.39 Å². The molecule has 1 unspecified atom stereocenters. The van der Waals surface area contributed by atoms with Gasteiger partial charge in [-0.3, -0.25) is 0 Å². The lowest BCUT2D eigenvalue weighted by molar-refractivity contribution is 0.331. The van der Waals surface area contributed by atoms with Crippen LogP contribution in [0.4, 0.5) is 0 Å². The van der Waals surface area contributed by atoms with E-state index in [1.807, 2.05) is 12.1 Å². The Hall–Kier alpha value is -1.54. The van der Waals surface area contributed by atoms with Crippen LogP contribution >= 0.6 is 0 Å². The lowest BCUT2D eigenvalue weighted by atomic mass is 9.95. The molecule has 1 aliphatic heterocycles. The highest BCUT2D eigenvalue weighted by Crippen LogP contribution is 2.43. The maximum absolute atomic E-state index is 5.52. The second-order valence-electron chi connectivity index (χ2n) is 4.38. The summed E-state index contributed by atoms with van der Waals surface area (Å²) in [5, 5.41) is 2.38. The van der Waals surface area contributed by atoms with Crippen LogP contribution in [0.5, 0.6) is 5.75 Å². The van der Waals surface area contributed by atoms with Crippen LogP contribution in [0, 0.1) is 0 Å². The summed E-state index contributed by atoms with van der Waals surface area (Å²) in [6.45, 7) is 2.94. The van der Waals surface area contributed by atoms with Crippen molar-refractivity contribution in [1.29, 1.82) is 0 Å². The van der Waals surface area contributed by atoms with Gasteiger partial charge in [-0.15, -0.1) is 0 Å². The average molecular weight is 214 g/mol. The summed E-state index contributed by atoms with van der Waals surface area (Å²) in [7, 11) is 1.71. The molecule has 2 aromatic rings. The zero-order chi connectivity index (χ0) is 11.2. The van der Waals surface area contributed by atoms with Crippen LogP contribution in [-0.2, 0) is 10.3 Å². The van der Waals surface area contributed by atoms with Gasteiger partial charge < -0.3 is 9.47 Å². The van der Waals surface area contributed by atoms with E-state index in [2.05, 4.69) is 31.2 Å². The largest absolute Gasteiger partial charge is 0.496 e. The van der Waals surface area contributed by atoms with Gasteiger partial charge in [0.2, 0.25) is 0 Å². The van der Waals surface area contributed by atoms with Crippen molar-refractivity contribution < 1.29 is 9.47 Å². The third kappa shape index (κ3) is 1.30. The van der Waals surface area contributed by atoms with E-state index < -0.39 is 0 Å². The van der Waals surface area contributed by atoms with Crippen molar-refractivity contribution in [3.05, 3.63) is 42.0 Å². The molecule has 0 spiro atoms. The highest BCUT2D eigenvalue weighted by Gasteiger charge is 2.42. The molecule has 1 aliphatic rings. The van der Waals surface area contributed by atoms with Gasteiger partial charge in [-0.2, -0.15) is 0 Å². The lowest BCUT2D eigenvalue weighted by Crippen LogP contribution is -2.03. The van der Waals surface area contributed by atoms with Crippen molar-refractivity contribution in [3.63, 3.8) is 0 Å². The predicted molar refractivity (Wildman–Crippen MR) is 63.8 cm³/mol. The molecule has 0 N–H and O–H groups in total. The number of benzene rings is 2. The molecule has 0 aromatic heterocycles. The van der Waals surface area contributed by atoms with Crippen LogP contribution in [0.25, 0.3) is 10.8 Å². The summed E-state index contributed by atoms with van der Waals surface area (Å²) in [5.74, 6) is 0.920. The molecule has 3 rings (SSSR count). The van der Waals surface area contributed by atoms with Crippen molar-refractivity contribution >= 4 is 10.8 Å². The molecular weight excluding hydrogens is 200 g/mol. The highest BCUT2D eigenvalue weighted by atomic mass is 16.6. The molecule has 0 amide bonds. The first-order chi connectivity index (χ1) is 7.74. The first-order valence-corrected chi connectivity index (χ1v) is 5.45. The smallest absolute Gasteiger partial charge is 0.126 e. The fourth-order valence-corrected chi connectivity index (χ4v) is 2.17. The van der Waals surface area contributed by atoms with Gasteiger partial charge in [-0.25, -0.2) is 0 Å². The molecule has 16 heavy (non-hydrogen) atoms. The fraction of sp³-hybridized carbons (Fsp3) is 0.286. The Bertz CT molecular complexity index is 541. The molecule has 0 radical (unpaired) electrons. The summed E-state index contributed by atoms with van der Waals surface area (Å²) >= 11 is 0. The van der Waals surface area contributed by atoms with Crippen LogP contribution in [0.3, 0.4) is 0 Å². The normalized spacial score (nSPS) is 23.4. The van der Waals surface area contributed by atoms with Crippen molar-refractivity contribution in [3.8, 4) is 5.75 Å². The number of ether oxygens (including phenoxy) is 2. The SMILES string of the molecule is COc1ccc(C2(C)CO2)c2ccccc12. The number of hydrogen-bond donors (Lipinski definition) is 0. The Kier molecular flexibility index (Phi) is 1.95. The summed E-state index contributed by atoms with van der Waals surface area (Å²) in [6, 6.07) is 12.4. The number of fused-ring (bicyclic) bond motifs is 1. The molecule has 0 aliphatic carbocycles. The molecule has 0 saturated carbocycles. The molecule has 2 nitrogen and oxygen atoms in total. The Morgan fingerprint density at radius 2 is 1.81 bits per heavy atom. The van der Waals surface area contributed by atoms with E-state index in [1.54, 1.807) is 7.11 Å². The Labute approximate surface area is 94.8 Å². The zero-order valence-electron chi connectivity index (χ0n) is 9.49. The van der Waals surface area contributed by atoms with E-state index in [9.17, 15) is 0 Å². The van der Waals surface area contributed by atoms with Crippen molar-refractivity contribution in [1.82, 2.24) is 0 Å². The van der Waals surface area contributed by atoms with Crippen molar-refractivity contribution in [2.24, 2.45) is 0 Å². The average Bonchev–Trinajstić information content (AvgIpc) is 3.07. The van der Waals surface area contributed by atoms with Gasteiger partial charge in [0.15, 0.2) is 0 Å². The lowest BCUT2D eigenvalue weighted by Gasteiger charge is -2.12. The monoisotopic (exact) mass is 214 g/mol. The van der Waals surface area contributed by atoms with Crippen LogP contribution in [0.15, 0.2) is 36.4 Å². The van der Waals surface area contributed by atoms with E-state index in [4.69, 9.17) is 9.47 Å². The van der Waals surface area contributed by atoms with Gasteiger partial charge in [0.1, 0.15) is 11.4 Å². The van der Waals surface area contributed by atoms with Crippen LogP contribution in [0.2, 0.25) is 0 Å². The molecule has 0 bridgehead atoms. The zero-order valence-corrected chi connectivity index (χ0v) is 9.49. The Morgan fingerprint density at radius 3 is 2.44 bits per heavy atom. The third-order valence-electron chi connectivity index (χ3n) is 3.25. The molecule has 1 fully saturated rings. The Morgan fingerprint density at radius 1 is 1.12 bits per heavy atom. The number of hydrogen-bond acceptors (Lipinski definition) is 2. The van der Waals surface area contributed by atoms with Gasteiger partial charge in [0.05, 0.1) is 13.7 Å². The molecule has 1 atom stereocenters. The highest BCUT2D eigenvalue weighted by molar-refractivity contribution is 5.91. The van der Waals surface area contributed by atoms with E-state index in [1.165, 1.54) is 10.9 Å². The van der Waals surface area contributed by atoms with Gasteiger partial charge in [-0.1, -0.05) is 30.3 Å². The summed E-state index contributed by atoms with van der Waals surface area (Å²) in [4.78, 5) is 0. The van der Waals surface area contributed by atoms with Crippen molar-refractivity contribution in [2.45, 2.75) is 12.5 Å².